The molecule has 94 valence electrons. The zero-order chi connectivity index (χ0) is 13.3. The van der Waals surface area contributed by atoms with E-state index < -0.39 is 0 Å². The second-order valence-electron chi connectivity index (χ2n) is 4.21. The molecule has 1 N–H and O–H groups in total. The molecule has 0 unspecified atom stereocenters. The van der Waals surface area contributed by atoms with Gasteiger partial charge in [-0.15, -0.1) is 0 Å². The Morgan fingerprint density at radius 3 is 2.61 bits per heavy atom. The van der Waals surface area contributed by atoms with Crippen molar-refractivity contribution in [1.82, 2.24) is 9.78 Å². The van der Waals surface area contributed by atoms with Gasteiger partial charge >= 0.3 is 0 Å². The third-order valence-corrected chi connectivity index (χ3v) is 3.65. The van der Waals surface area contributed by atoms with Crippen molar-refractivity contribution in [3.8, 4) is 0 Å². The summed E-state index contributed by atoms with van der Waals surface area (Å²) >= 11 is 3.42. The minimum absolute atomic E-state index is 0.194. The van der Waals surface area contributed by atoms with Gasteiger partial charge in [0.15, 0.2) is 5.69 Å². The number of amides is 1. The normalized spacial score (nSPS) is 10.4. The van der Waals surface area contributed by atoms with E-state index >= 15 is 0 Å². The number of hydrogen-bond acceptors (Lipinski definition) is 2. The number of rotatable bonds is 2. The fourth-order valence-electron chi connectivity index (χ4n) is 1.59. The molecule has 0 aliphatic rings. The van der Waals surface area contributed by atoms with Crippen LogP contribution < -0.4 is 5.32 Å². The summed E-state index contributed by atoms with van der Waals surface area (Å²) in [6, 6.07) is 7.44. The second-order valence-corrected chi connectivity index (χ2v) is 5.07. The Morgan fingerprint density at radius 1 is 1.33 bits per heavy atom. The Balaban J connectivity index is 2.18. The number of carbonyl (C=O) groups excluding carboxylic acids is 1. The van der Waals surface area contributed by atoms with E-state index in [0.717, 1.165) is 21.4 Å². The first-order chi connectivity index (χ1) is 8.47. The molecule has 0 saturated carbocycles. The minimum atomic E-state index is -0.194. The molecule has 0 aliphatic heterocycles. The molecule has 5 heteroatoms. The van der Waals surface area contributed by atoms with E-state index in [1.165, 1.54) is 0 Å². The first-order valence-electron chi connectivity index (χ1n) is 5.55. The van der Waals surface area contributed by atoms with Crippen LogP contribution in [0.15, 0.2) is 28.7 Å². The Kier molecular flexibility index (Phi) is 3.52. The topological polar surface area (TPSA) is 46.9 Å². The lowest BCUT2D eigenvalue weighted by Crippen LogP contribution is -2.13. The zero-order valence-electron chi connectivity index (χ0n) is 10.5. The highest BCUT2D eigenvalue weighted by molar-refractivity contribution is 9.10. The molecule has 0 aliphatic carbocycles. The molecule has 18 heavy (non-hydrogen) atoms. The molecule has 4 nitrogen and oxygen atoms in total. The van der Waals surface area contributed by atoms with Gasteiger partial charge in [-0.25, -0.2) is 0 Å². The Morgan fingerprint density at radius 2 is 2.06 bits per heavy atom. The fraction of sp³-hybridized carbons (Fsp3) is 0.231. The van der Waals surface area contributed by atoms with Crippen LogP contribution in [0.5, 0.6) is 0 Å². The molecule has 0 radical (unpaired) electrons. The molecule has 1 aromatic carbocycles. The summed E-state index contributed by atoms with van der Waals surface area (Å²) in [6.45, 7) is 3.89. The lowest BCUT2D eigenvalue weighted by molar-refractivity contribution is 0.102. The van der Waals surface area contributed by atoms with E-state index in [-0.39, 0.29) is 5.91 Å². The van der Waals surface area contributed by atoms with Crippen LogP contribution in [0.4, 0.5) is 5.69 Å². The van der Waals surface area contributed by atoms with Gasteiger partial charge in [0.05, 0.1) is 0 Å². The number of carbonyl (C=O) groups is 1. The first kappa shape index (κ1) is 12.8. The lowest BCUT2D eigenvalue weighted by atomic mass is 10.2. The number of nitrogens with zero attached hydrogens (tertiary/aromatic N) is 2. The predicted octanol–water partition coefficient (Wildman–Crippen LogP) is 3.05. The van der Waals surface area contributed by atoms with Crippen molar-refractivity contribution in [2.24, 2.45) is 7.05 Å². The van der Waals surface area contributed by atoms with Crippen LogP contribution in [0, 0.1) is 13.8 Å². The molecule has 1 amide bonds. The van der Waals surface area contributed by atoms with E-state index in [1.54, 1.807) is 10.7 Å². The standard InChI is InChI=1S/C13H14BrN3O/c1-8-6-10(4-5-11(8)14)15-13(18)12-7-9(2)17(3)16-12/h4-7H,1-3H3,(H,15,18). The SMILES string of the molecule is Cc1cc(NC(=O)c2cc(C)n(C)n2)ccc1Br. The quantitative estimate of drug-likeness (QED) is 0.927. The van der Waals surface area contributed by atoms with Crippen molar-refractivity contribution < 1.29 is 4.79 Å². The third kappa shape index (κ3) is 2.61. The van der Waals surface area contributed by atoms with Gasteiger partial charge in [-0.3, -0.25) is 9.48 Å². The number of hydrogen-bond donors (Lipinski definition) is 1. The van der Waals surface area contributed by atoms with Crippen molar-refractivity contribution in [2.75, 3.05) is 5.32 Å². The minimum Gasteiger partial charge on any atom is -0.321 e. The molecule has 1 heterocycles. The van der Waals surface area contributed by atoms with Gasteiger partial charge < -0.3 is 5.32 Å². The van der Waals surface area contributed by atoms with Crippen LogP contribution in [0.3, 0.4) is 0 Å². The molecular weight excluding hydrogens is 294 g/mol. The molecular formula is C13H14BrN3O. The van der Waals surface area contributed by atoms with Crippen molar-refractivity contribution >= 4 is 27.5 Å². The van der Waals surface area contributed by atoms with E-state index in [1.807, 2.05) is 39.1 Å². The number of aromatic nitrogens is 2. The largest absolute Gasteiger partial charge is 0.321 e. The maximum absolute atomic E-state index is 12.0. The van der Waals surface area contributed by atoms with Crippen molar-refractivity contribution in [3.63, 3.8) is 0 Å². The molecule has 1 aromatic heterocycles. The predicted molar refractivity (Wildman–Crippen MR) is 74.8 cm³/mol. The fourth-order valence-corrected chi connectivity index (χ4v) is 1.84. The first-order valence-corrected chi connectivity index (χ1v) is 6.35. The van der Waals surface area contributed by atoms with Gasteiger partial charge in [-0.05, 0) is 43.7 Å². The van der Waals surface area contributed by atoms with Gasteiger partial charge in [0.25, 0.3) is 5.91 Å². The summed E-state index contributed by atoms with van der Waals surface area (Å²) in [6.07, 6.45) is 0. The summed E-state index contributed by atoms with van der Waals surface area (Å²) in [5, 5.41) is 6.97. The maximum Gasteiger partial charge on any atom is 0.276 e. The monoisotopic (exact) mass is 307 g/mol. The molecule has 0 atom stereocenters. The summed E-state index contributed by atoms with van der Waals surface area (Å²) in [5.74, 6) is -0.194. The summed E-state index contributed by atoms with van der Waals surface area (Å²) in [5.41, 5.74) is 3.22. The number of nitrogens with one attached hydrogen (secondary N) is 1. The van der Waals surface area contributed by atoms with Crippen LogP contribution in [0.25, 0.3) is 0 Å². The number of halogens is 1. The highest BCUT2D eigenvalue weighted by Gasteiger charge is 2.11. The van der Waals surface area contributed by atoms with Crippen LogP contribution in [-0.4, -0.2) is 15.7 Å². The Bertz CT molecular complexity index is 585. The number of aryl methyl sites for hydroxylation is 3. The van der Waals surface area contributed by atoms with E-state index in [2.05, 4.69) is 26.3 Å². The molecule has 0 saturated heterocycles. The average molecular weight is 308 g/mol. The molecule has 0 spiro atoms. The highest BCUT2D eigenvalue weighted by Crippen LogP contribution is 2.20. The van der Waals surface area contributed by atoms with Crippen LogP contribution in [0.2, 0.25) is 0 Å². The second kappa shape index (κ2) is 4.94. The van der Waals surface area contributed by atoms with Crippen molar-refractivity contribution in [2.45, 2.75) is 13.8 Å². The molecule has 2 aromatic rings. The summed E-state index contributed by atoms with van der Waals surface area (Å²) in [7, 11) is 1.82. The third-order valence-electron chi connectivity index (χ3n) is 2.76. The van der Waals surface area contributed by atoms with Crippen molar-refractivity contribution in [1.29, 1.82) is 0 Å². The van der Waals surface area contributed by atoms with E-state index in [0.29, 0.717) is 5.69 Å². The average Bonchev–Trinajstić information content (AvgIpc) is 2.65. The molecule has 0 bridgehead atoms. The Hall–Kier alpha value is -1.62. The smallest absolute Gasteiger partial charge is 0.276 e. The Labute approximate surface area is 114 Å². The summed E-state index contributed by atoms with van der Waals surface area (Å²) < 4.78 is 2.70. The van der Waals surface area contributed by atoms with Gasteiger partial charge in [0.2, 0.25) is 0 Å². The van der Waals surface area contributed by atoms with E-state index in [9.17, 15) is 4.79 Å². The maximum atomic E-state index is 12.0. The molecule has 2 rings (SSSR count). The number of benzene rings is 1. The van der Waals surface area contributed by atoms with Crippen LogP contribution in [-0.2, 0) is 7.05 Å². The number of anilines is 1. The van der Waals surface area contributed by atoms with Gasteiger partial charge in [-0.1, -0.05) is 15.9 Å². The van der Waals surface area contributed by atoms with E-state index in [4.69, 9.17) is 0 Å². The van der Waals surface area contributed by atoms with Crippen LogP contribution >= 0.6 is 15.9 Å². The van der Waals surface area contributed by atoms with Gasteiger partial charge in [-0.2, -0.15) is 5.10 Å². The van der Waals surface area contributed by atoms with Gasteiger partial charge in [0.1, 0.15) is 0 Å². The van der Waals surface area contributed by atoms with Crippen LogP contribution in [0.1, 0.15) is 21.7 Å². The van der Waals surface area contributed by atoms with Crippen molar-refractivity contribution in [3.05, 3.63) is 45.7 Å². The summed E-state index contributed by atoms with van der Waals surface area (Å²) in [4.78, 5) is 12.0. The van der Waals surface area contributed by atoms with Gasteiger partial charge in [0, 0.05) is 22.9 Å². The zero-order valence-corrected chi connectivity index (χ0v) is 12.1. The lowest BCUT2D eigenvalue weighted by Gasteiger charge is -2.05. The molecule has 0 fully saturated rings. The highest BCUT2D eigenvalue weighted by atomic mass is 79.9.